The van der Waals surface area contributed by atoms with Crippen molar-refractivity contribution in [2.45, 2.75) is 65.9 Å². The van der Waals surface area contributed by atoms with Crippen LogP contribution >= 0.6 is 11.3 Å². The quantitative estimate of drug-likeness (QED) is 0.193. The summed E-state index contributed by atoms with van der Waals surface area (Å²) in [4.78, 5) is 32.8. The number of esters is 1. The van der Waals surface area contributed by atoms with Gasteiger partial charge in [0.25, 0.3) is 0 Å². The monoisotopic (exact) mass is 622 g/mol. The highest BCUT2D eigenvalue weighted by molar-refractivity contribution is 7.15. The van der Waals surface area contributed by atoms with E-state index in [1.807, 2.05) is 38.1 Å². The van der Waals surface area contributed by atoms with E-state index in [0.29, 0.717) is 16.7 Å². The average molecular weight is 623 g/mol. The second kappa shape index (κ2) is 12.1. The molecule has 0 spiro atoms. The lowest BCUT2D eigenvalue weighted by Gasteiger charge is -2.23. The highest BCUT2D eigenvalue weighted by atomic mass is 32.1. The van der Waals surface area contributed by atoms with Crippen LogP contribution in [0.25, 0.3) is 21.8 Å². The molecule has 44 heavy (non-hydrogen) atoms. The summed E-state index contributed by atoms with van der Waals surface area (Å²) in [6, 6.07) is 14.7. The minimum Gasteiger partial charge on any atom is -0.465 e. The second-order valence-electron chi connectivity index (χ2n) is 11.1. The van der Waals surface area contributed by atoms with Gasteiger partial charge in [-0.05, 0) is 75.1 Å². The first kappa shape index (κ1) is 31.3. The number of amides is 1. The van der Waals surface area contributed by atoms with Gasteiger partial charge in [0.15, 0.2) is 0 Å². The van der Waals surface area contributed by atoms with Crippen LogP contribution in [0.15, 0.2) is 54.6 Å². The molecule has 1 aliphatic heterocycles. The Bertz CT molecular complexity index is 1750. The number of benzene rings is 3. The minimum atomic E-state index is -4.51. The highest BCUT2D eigenvalue weighted by Gasteiger charge is 2.41. The standard InChI is InChI=1S/C34H33F3N2O4S/c1-7-28-29(38-31(44-28)26-11-9-22(15-20(26)4)32(40)42-6)27-10-8-18(2)12-24(27)17-39-21(5)30(43-33(39)41)23-13-19(3)14-25(16-23)34(35,36)37/h8-16,21,30H,7,17H2,1-6H3/t21-,30-/m0/s1. The van der Waals surface area contributed by atoms with E-state index in [2.05, 4.69) is 6.92 Å². The van der Waals surface area contributed by atoms with Crippen molar-refractivity contribution in [1.29, 1.82) is 0 Å². The van der Waals surface area contributed by atoms with Crippen LogP contribution in [0.5, 0.6) is 0 Å². The van der Waals surface area contributed by atoms with Gasteiger partial charge >= 0.3 is 18.2 Å². The number of rotatable bonds is 7. The Hall–Kier alpha value is -4.18. The van der Waals surface area contributed by atoms with Gasteiger partial charge in [-0.1, -0.05) is 48.4 Å². The SMILES string of the molecule is CCc1sc(-c2ccc(C(=O)OC)cc2C)nc1-c1ccc(C)cc1CN1C(=O)O[C@H](c2cc(C)cc(C(F)(F)F)c2)[C@@H]1C. The number of hydrogen-bond donors (Lipinski definition) is 0. The highest BCUT2D eigenvalue weighted by Crippen LogP contribution is 2.40. The number of carbonyl (C=O) groups excluding carboxylic acids is 2. The lowest BCUT2D eigenvalue weighted by Crippen LogP contribution is -2.31. The summed E-state index contributed by atoms with van der Waals surface area (Å²) >= 11 is 1.58. The van der Waals surface area contributed by atoms with Crippen LogP contribution in [-0.4, -0.2) is 35.1 Å². The van der Waals surface area contributed by atoms with Crippen LogP contribution in [-0.2, 0) is 28.6 Å². The Morgan fingerprint density at radius 3 is 2.41 bits per heavy atom. The molecule has 2 heterocycles. The molecule has 4 aromatic rings. The van der Waals surface area contributed by atoms with E-state index in [1.54, 1.807) is 48.3 Å². The third kappa shape index (κ3) is 6.08. The summed E-state index contributed by atoms with van der Waals surface area (Å²) in [7, 11) is 1.35. The van der Waals surface area contributed by atoms with Crippen molar-refractivity contribution < 1.29 is 32.2 Å². The number of nitrogens with zero attached hydrogens (tertiary/aromatic N) is 2. The lowest BCUT2D eigenvalue weighted by molar-refractivity contribution is -0.137. The molecule has 1 fully saturated rings. The number of cyclic esters (lactones) is 1. The van der Waals surface area contributed by atoms with Crippen molar-refractivity contribution in [1.82, 2.24) is 9.88 Å². The topological polar surface area (TPSA) is 68.7 Å². The molecule has 6 nitrogen and oxygen atoms in total. The number of carbonyl (C=O) groups is 2. The Morgan fingerprint density at radius 1 is 1.02 bits per heavy atom. The molecule has 3 aromatic carbocycles. The molecule has 0 unspecified atom stereocenters. The fourth-order valence-electron chi connectivity index (χ4n) is 5.63. The zero-order valence-electron chi connectivity index (χ0n) is 25.3. The van der Waals surface area contributed by atoms with Crippen molar-refractivity contribution in [2.24, 2.45) is 0 Å². The Balaban J connectivity index is 1.49. The Kier molecular flexibility index (Phi) is 8.57. The Labute approximate surface area is 258 Å². The first-order valence-electron chi connectivity index (χ1n) is 14.3. The van der Waals surface area contributed by atoms with Crippen molar-refractivity contribution in [3.63, 3.8) is 0 Å². The van der Waals surface area contributed by atoms with Gasteiger partial charge in [-0.3, -0.25) is 4.90 Å². The van der Waals surface area contributed by atoms with Crippen LogP contribution in [0.1, 0.15) is 68.6 Å². The number of halogens is 3. The number of aryl methyl sites for hydroxylation is 4. The van der Waals surface area contributed by atoms with E-state index in [-0.39, 0.29) is 6.54 Å². The van der Waals surface area contributed by atoms with Gasteiger partial charge in [0.1, 0.15) is 11.1 Å². The molecule has 0 bridgehead atoms. The van der Waals surface area contributed by atoms with E-state index < -0.39 is 35.9 Å². The van der Waals surface area contributed by atoms with Crippen molar-refractivity contribution >= 4 is 23.4 Å². The molecule has 1 saturated heterocycles. The minimum absolute atomic E-state index is 0.203. The third-order valence-corrected chi connectivity index (χ3v) is 9.13. The molecule has 230 valence electrons. The number of methoxy groups -OCH3 is 1. The first-order chi connectivity index (χ1) is 20.8. The number of aromatic nitrogens is 1. The maximum atomic E-state index is 13.5. The summed E-state index contributed by atoms with van der Waals surface area (Å²) < 4.78 is 51.1. The predicted octanol–water partition coefficient (Wildman–Crippen LogP) is 8.85. The van der Waals surface area contributed by atoms with Gasteiger partial charge in [-0.15, -0.1) is 11.3 Å². The third-order valence-electron chi connectivity index (χ3n) is 7.90. The first-order valence-corrected chi connectivity index (χ1v) is 15.1. The number of alkyl halides is 3. The van der Waals surface area contributed by atoms with Gasteiger partial charge < -0.3 is 9.47 Å². The van der Waals surface area contributed by atoms with Crippen LogP contribution in [0.2, 0.25) is 0 Å². The molecule has 2 atom stereocenters. The summed E-state index contributed by atoms with van der Waals surface area (Å²) in [5.41, 5.74) is 5.80. The number of ether oxygens (including phenoxy) is 2. The van der Waals surface area contributed by atoms with Crippen LogP contribution < -0.4 is 0 Å². The van der Waals surface area contributed by atoms with Crippen molar-refractivity contribution in [3.8, 4) is 21.8 Å². The van der Waals surface area contributed by atoms with E-state index in [1.165, 1.54) is 7.11 Å². The molecule has 5 rings (SSSR count). The van der Waals surface area contributed by atoms with E-state index in [4.69, 9.17) is 14.5 Å². The van der Waals surface area contributed by atoms with Gasteiger partial charge in [-0.25, -0.2) is 14.6 Å². The largest absolute Gasteiger partial charge is 0.465 e. The molecular weight excluding hydrogens is 589 g/mol. The van der Waals surface area contributed by atoms with Crippen molar-refractivity contribution in [2.75, 3.05) is 7.11 Å². The maximum absolute atomic E-state index is 13.5. The zero-order chi connectivity index (χ0) is 31.9. The molecule has 0 radical (unpaired) electrons. The van der Waals surface area contributed by atoms with Gasteiger partial charge in [0.05, 0.1) is 36.5 Å². The average Bonchev–Trinajstić information content (AvgIpc) is 3.52. The molecule has 1 aromatic heterocycles. The molecule has 1 aliphatic rings. The summed E-state index contributed by atoms with van der Waals surface area (Å²) in [5, 5.41) is 0.811. The molecule has 10 heteroatoms. The molecule has 0 N–H and O–H groups in total. The summed E-state index contributed by atoms with van der Waals surface area (Å²) in [5.74, 6) is -0.405. The fourth-order valence-corrected chi connectivity index (χ4v) is 6.74. The van der Waals surface area contributed by atoms with Crippen LogP contribution in [0, 0.1) is 20.8 Å². The second-order valence-corrected chi connectivity index (χ2v) is 12.2. The van der Waals surface area contributed by atoms with Crippen molar-refractivity contribution in [3.05, 3.63) is 98.4 Å². The maximum Gasteiger partial charge on any atom is 0.416 e. The predicted molar refractivity (Wildman–Crippen MR) is 164 cm³/mol. The number of thiazole rings is 1. The summed E-state index contributed by atoms with van der Waals surface area (Å²) in [6.45, 7) is 9.54. The zero-order valence-corrected chi connectivity index (χ0v) is 26.2. The molecule has 0 saturated carbocycles. The van der Waals surface area contributed by atoms with E-state index >= 15 is 0 Å². The van der Waals surface area contributed by atoms with E-state index in [9.17, 15) is 22.8 Å². The molecule has 1 amide bonds. The molecular formula is C34H33F3N2O4S. The molecule has 0 aliphatic carbocycles. The van der Waals surface area contributed by atoms with Gasteiger partial charge in [0.2, 0.25) is 0 Å². The smallest absolute Gasteiger partial charge is 0.416 e. The normalized spacial score (nSPS) is 16.8. The van der Waals surface area contributed by atoms with Gasteiger partial charge in [0, 0.05) is 16.0 Å². The van der Waals surface area contributed by atoms with Gasteiger partial charge in [-0.2, -0.15) is 13.2 Å². The van der Waals surface area contributed by atoms with E-state index in [0.717, 1.165) is 61.9 Å². The fraction of sp³-hybridized carbons (Fsp3) is 0.324. The summed E-state index contributed by atoms with van der Waals surface area (Å²) in [6.07, 6.45) is -5.20. The van der Waals surface area contributed by atoms with Crippen LogP contribution in [0.4, 0.5) is 18.0 Å². The Morgan fingerprint density at radius 2 is 1.75 bits per heavy atom. The lowest BCUT2D eigenvalue weighted by atomic mass is 9.97. The van der Waals surface area contributed by atoms with Crippen LogP contribution in [0.3, 0.4) is 0 Å². The number of hydrogen-bond acceptors (Lipinski definition) is 6.